The van der Waals surface area contributed by atoms with Gasteiger partial charge in [-0.05, 0) is 52.1 Å². The van der Waals surface area contributed by atoms with Crippen molar-refractivity contribution in [3.8, 4) is 34.2 Å². The van der Waals surface area contributed by atoms with Crippen molar-refractivity contribution >= 4 is 54.3 Å². The summed E-state index contributed by atoms with van der Waals surface area (Å²) in [4.78, 5) is 14.9. The lowest BCUT2D eigenvalue weighted by Gasteiger charge is -2.13. The molecule has 0 aliphatic heterocycles. The fourth-order valence-electron chi connectivity index (χ4n) is 6.46. The molecule has 0 aliphatic carbocycles. The molecule has 2 heterocycles. The van der Waals surface area contributed by atoms with Crippen LogP contribution in [0.3, 0.4) is 0 Å². The quantitative estimate of drug-likeness (QED) is 0.201. The number of benzene rings is 7. The van der Waals surface area contributed by atoms with Crippen LogP contribution in [-0.4, -0.2) is 15.0 Å². The van der Waals surface area contributed by atoms with E-state index < -0.39 is 0 Å². The van der Waals surface area contributed by atoms with Crippen LogP contribution in [0.15, 0.2) is 138 Å². The van der Waals surface area contributed by atoms with E-state index in [0.29, 0.717) is 17.5 Å². The number of aromatic nitrogens is 3. The summed E-state index contributed by atoms with van der Waals surface area (Å²) in [6.45, 7) is 2.14. The Bertz CT molecular complexity index is 2490. The molecule has 0 aliphatic rings. The van der Waals surface area contributed by atoms with Gasteiger partial charge in [-0.25, -0.2) is 15.0 Å². The Morgan fingerprint density at radius 1 is 0.409 bits per heavy atom. The maximum absolute atomic E-state index is 6.56. The van der Waals surface area contributed by atoms with Gasteiger partial charge in [0, 0.05) is 32.8 Å². The number of nitrogens with zero attached hydrogens (tertiary/aromatic N) is 3. The summed E-state index contributed by atoms with van der Waals surface area (Å²) < 4.78 is 6.56. The molecule has 0 radical (unpaired) electrons. The first-order chi connectivity index (χ1) is 21.7. The molecule has 0 spiro atoms. The second-order valence-corrected chi connectivity index (χ2v) is 11.3. The highest BCUT2D eigenvalue weighted by molar-refractivity contribution is 6.32. The van der Waals surface area contributed by atoms with Gasteiger partial charge in [0.15, 0.2) is 17.5 Å². The SMILES string of the molecule is Cc1ccc2c(c1)c1cc(-c3nc(-c4ccccc4)nc(-c4ccccc4)n3)ccc1c1c2ccc2c3ccccc3oc21. The first kappa shape index (κ1) is 24.7. The third-order valence-electron chi connectivity index (χ3n) is 8.55. The Kier molecular flexibility index (Phi) is 5.38. The molecular weight excluding hydrogens is 538 g/mol. The van der Waals surface area contributed by atoms with Crippen LogP contribution < -0.4 is 0 Å². The van der Waals surface area contributed by atoms with E-state index in [9.17, 15) is 0 Å². The highest BCUT2D eigenvalue weighted by atomic mass is 16.3. The van der Waals surface area contributed by atoms with Gasteiger partial charge in [0.1, 0.15) is 11.2 Å². The molecule has 9 rings (SSSR count). The highest BCUT2D eigenvalue weighted by Crippen LogP contribution is 2.43. The molecule has 206 valence electrons. The van der Waals surface area contributed by atoms with E-state index in [4.69, 9.17) is 19.4 Å². The van der Waals surface area contributed by atoms with E-state index in [1.165, 1.54) is 21.7 Å². The van der Waals surface area contributed by atoms with E-state index in [1.807, 2.05) is 72.8 Å². The van der Waals surface area contributed by atoms with Crippen molar-refractivity contribution in [2.75, 3.05) is 0 Å². The standard InChI is InChI=1S/C40H25N3O/c1-24-16-18-28-30-20-21-32-29-14-8-9-15-35(29)44-37(32)36(30)31-19-17-27(23-34(31)33(28)22-24)40-42-38(25-10-4-2-5-11-25)41-39(43-40)26-12-6-3-7-13-26/h2-23H,1H3. The van der Waals surface area contributed by atoms with Gasteiger partial charge in [-0.1, -0.05) is 121 Å². The molecule has 0 saturated heterocycles. The summed E-state index contributed by atoms with van der Waals surface area (Å²) in [6, 6.07) is 46.2. The van der Waals surface area contributed by atoms with Crippen molar-refractivity contribution in [3.05, 3.63) is 139 Å². The van der Waals surface area contributed by atoms with Gasteiger partial charge in [-0.15, -0.1) is 0 Å². The van der Waals surface area contributed by atoms with E-state index in [0.717, 1.165) is 54.8 Å². The van der Waals surface area contributed by atoms with Crippen LogP contribution in [0.25, 0.3) is 88.4 Å². The molecule has 0 unspecified atom stereocenters. The van der Waals surface area contributed by atoms with Crippen molar-refractivity contribution in [1.29, 1.82) is 0 Å². The normalized spacial score (nSPS) is 11.8. The van der Waals surface area contributed by atoms with Crippen LogP contribution in [0, 0.1) is 6.92 Å². The maximum atomic E-state index is 6.56. The summed E-state index contributed by atoms with van der Waals surface area (Å²) in [6.07, 6.45) is 0. The second kappa shape index (κ2) is 9.58. The number of aryl methyl sites for hydroxylation is 1. The molecule has 7 aromatic carbocycles. The zero-order chi connectivity index (χ0) is 29.2. The van der Waals surface area contributed by atoms with Crippen LogP contribution in [0.1, 0.15) is 5.56 Å². The van der Waals surface area contributed by atoms with Gasteiger partial charge >= 0.3 is 0 Å². The largest absolute Gasteiger partial charge is 0.455 e. The molecule has 44 heavy (non-hydrogen) atoms. The fraction of sp³-hybridized carbons (Fsp3) is 0.0250. The third kappa shape index (κ3) is 3.81. The molecule has 4 nitrogen and oxygen atoms in total. The molecule has 0 bridgehead atoms. The molecule has 9 aromatic rings. The number of para-hydroxylation sites is 1. The van der Waals surface area contributed by atoms with Crippen LogP contribution in [0.5, 0.6) is 0 Å². The van der Waals surface area contributed by atoms with Gasteiger partial charge in [0.2, 0.25) is 0 Å². The van der Waals surface area contributed by atoms with Gasteiger partial charge < -0.3 is 4.42 Å². The van der Waals surface area contributed by atoms with Crippen molar-refractivity contribution in [2.45, 2.75) is 6.92 Å². The second-order valence-electron chi connectivity index (χ2n) is 11.3. The average molecular weight is 564 g/mol. The number of rotatable bonds is 3. The molecule has 0 N–H and O–H groups in total. The summed E-state index contributed by atoms with van der Waals surface area (Å²) >= 11 is 0. The van der Waals surface area contributed by atoms with Gasteiger partial charge in [-0.3, -0.25) is 0 Å². The first-order valence-electron chi connectivity index (χ1n) is 14.8. The average Bonchev–Trinajstić information content (AvgIpc) is 3.47. The van der Waals surface area contributed by atoms with Crippen molar-refractivity contribution < 1.29 is 4.42 Å². The lowest BCUT2D eigenvalue weighted by Crippen LogP contribution is -2.00. The minimum atomic E-state index is 0.641. The van der Waals surface area contributed by atoms with E-state index >= 15 is 0 Å². The summed E-state index contributed by atoms with van der Waals surface area (Å²) in [5, 5.41) is 9.25. The van der Waals surface area contributed by atoms with E-state index in [-0.39, 0.29) is 0 Å². The van der Waals surface area contributed by atoms with Crippen LogP contribution in [0.2, 0.25) is 0 Å². The summed E-state index contributed by atoms with van der Waals surface area (Å²) in [7, 11) is 0. The Morgan fingerprint density at radius 2 is 0.955 bits per heavy atom. The Hall–Kier alpha value is -5.87. The molecule has 0 amide bonds. The number of furan rings is 1. The van der Waals surface area contributed by atoms with Crippen LogP contribution in [0.4, 0.5) is 0 Å². The number of fused-ring (bicyclic) bond motifs is 10. The van der Waals surface area contributed by atoms with E-state index in [2.05, 4.69) is 67.6 Å². The molecule has 0 atom stereocenters. The van der Waals surface area contributed by atoms with Gasteiger partial charge in [0.25, 0.3) is 0 Å². The van der Waals surface area contributed by atoms with Crippen molar-refractivity contribution in [1.82, 2.24) is 15.0 Å². The minimum absolute atomic E-state index is 0.641. The van der Waals surface area contributed by atoms with Crippen molar-refractivity contribution in [2.24, 2.45) is 0 Å². The number of hydrogen-bond acceptors (Lipinski definition) is 4. The zero-order valence-corrected chi connectivity index (χ0v) is 24.0. The number of hydrogen-bond donors (Lipinski definition) is 0. The fourth-order valence-corrected chi connectivity index (χ4v) is 6.46. The topological polar surface area (TPSA) is 51.8 Å². The van der Waals surface area contributed by atoms with Crippen molar-refractivity contribution in [3.63, 3.8) is 0 Å². The zero-order valence-electron chi connectivity index (χ0n) is 24.0. The highest BCUT2D eigenvalue weighted by Gasteiger charge is 2.18. The van der Waals surface area contributed by atoms with Crippen LogP contribution in [-0.2, 0) is 0 Å². The molecule has 0 fully saturated rings. The molecule has 0 saturated carbocycles. The van der Waals surface area contributed by atoms with E-state index in [1.54, 1.807) is 0 Å². The smallest absolute Gasteiger partial charge is 0.164 e. The third-order valence-corrected chi connectivity index (χ3v) is 8.55. The molecule has 2 aromatic heterocycles. The molecule has 4 heteroatoms. The minimum Gasteiger partial charge on any atom is -0.455 e. The first-order valence-corrected chi connectivity index (χ1v) is 14.8. The van der Waals surface area contributed by atoms with Gasteiger partial charge in [-0.2, -0.15) is 0 Å². The summed E-state index contributed by atoms with van der Waals surface area (Å²) in [5.74, 6) is 1.94. The lowest BCUT2D eigenvalue weighted by molar-refractivity contribution is 0.673. The predicted octanol–water partition coefficient (Wildman–Crippen LogP) is 10.5. The maximum Gasteiger partial charge on any atom is 0.164 e. The van der Waals surface area contributed by atoms with Crippen LogP contribution >= 0.6 is 0 Å². The Labute approximate surface area is 253 Å². The molecular formula is C40H25N3O. The van der Waals surface area contributed by atoms with Gasteiger partial charge in [0.05, 0.1) is 0 Å². The Balaban J connectivity index is 1.36. The lowest BCUT2D eigenvalue weighted by atomic mass is 9.91. The monoisotopic (exact) mass is 563 g/mol. The predicted molar refractivity (Wildman–Crippen MR) is 181 cm³/mol. The summed E-state index contributed by atoms with van der Waals surface area (Å²) in [5.41, 5.74) is 5.87. The Morgan fingerprint density at radius 3 is 1.68 bits per heavy atom.